The maximum absolute atomic E-state index is 11.8. The number of aromatic hydroxyl groups is 1. The van der Waals surface area contributed by atoms with Crippen LogP contribution in [0, 0.1) is 0 Å². The van der Waals surface area contributed by atoms with Crippen molar-refractivity contribution < 1.29 is 58.2 Å². The summed E-state index contributed by atoms with van der Waals surface area (Å²) in [7, 11) is 0. The first-order valence-corrected chi connectivity index (χ1v) is 17.2. The van der Waals surface area contributed by atoms with Crippen molar-refractivity contribution >= 4 is 30.5 Å². The lowest BCUT2D eigenvalue weighted by molar-refractivity contribution is -0.303. The number of amides is 3. The van der Waals surface area contributed by atoms with Crippen LogP contribution >= 0.6 is 12.6 Å². The molecule has 15 nitrogen and oxygen atoms in total. The summed E-state index contributed by atoms with van der Waals surface area (Å²) in [5, 5.41) is 23.8. The van der Waals surface area contributed by atoms with E-state index in [2.05, 4.69) is 23.3 Å². The van der Waals surface area contributed by atoms with E-state index < -0.39 is 12.0 Å². The number of carbonyl (C=O) groups excluding carboxylic acids is 3. The Labute approximate surface area is 288 Å². The van der Waals surface area contributed by atoms with Gasteiger partial charge in [-0.3, -0.25) is 14.8 Å². The topological polar surface area (TPSA) is 192 Å². The molecule has 0 aromatic heterocycles. The van der Waals surface area contributed by atoms with Crippen LogP contribution < -0.4 is 16.1 Å². The summed E-state index contributed by atoms with van der Waals surface area (Å²) in [6.07, 6.45) is 9.96. The van der Waals surface area contributed by atoms with Crippen LogP contribution in [0.4, 0.5) is 4.79 Å². The molecule has 0 bridgehead atoms. The van der Waals surface area contributed by atoms with Crippen LogP contribution in [-0.4, -0.2) is 113 Å². The number of carbonyl (C=O) groups is 3. The minimum atomic E-state index is -0.840. The molecule has 1 aromatic rings. The van der Waals surface area contributed by atoms with Gasteiger partial charge in [0.15, 0.2) is 0 Å². The van der Waals surface area contributed by atoms with E-state index in [9.17, 15) is 19.5 Å². The van der Waals surface area contributed by atoms with Crippen LogP contribution in [0.1, 0.15) is 73.7 Å². The van der Waals surface area contributed by atoms with Gasteiger partial charge in [-0.25, -0.2) is 20.0 Å². The Morgan fingerprint density at radius 2 is 1.17 bits per heavy atom. The van der Waals surface area contributed by atoms with Gasteiger partial charge in [0.05, 0.1) is 57.6 Å². The molecule has 0 atom stereocenters. The minimum Gasteiger partial charge on any atom is -0.507 e. The number of nitrogens with one attached hydrogen (secondary N) is 3. The van der Waals surface area contributed by atoms with Gasteiger partial charge in [-0.1, -0.05) is 51.0 Å². The number of thiol groups is 1. The fraction of sp³-hybridized carbons (Fsp3) is 0.719. The van der Waals surface area contributed by atoms with E-state index >= 15 is 0 Å². The van der Waals surface area contributed by atoms with Crippen LogP contribution in [-0.2, 0) is 44.8 Å². The molecule has 1 aromatic carbocycles. The molecule has 0 aliphatic carbocycles. The van der Waals surface area contributed by atoms with E-state index in [0.717, 1.165) is 32.4 Å². The molecule has 0 spiro atoms. The lowest BCUT2D eigenvalue weighted by Crippen LogP contribution is -2.25. The number of hydrogen-bond acceptors (Lipinski definition) is 13. The molecule has 0 heterocycles. The van der Waals surface area contributed by atoms with E-state index in [-0.39, 0.29) is 42.7 Å². The third kappa shape index (κ3) is 25.3. The molecule has 16 heteroatoms. The van der Waals surface area contributed by atoms with Gasteiger partial charge in [0, 0.05) is 19.7 Å². The molecule has 0 fully saturated rings. The predicted molar refractivity (Wildman–Crippen MR) is 179 cm³/mol. The number of phenolic OH excluding ortho intramolecular Hbond substituents is 1. The Hall–Kier alpha value is -2.70. The lowest BCUT2D eigenvalue weighted by atomic mass is 10.1. The number of hydroxylamine groups is 1. The van der Waals surface area contributed by atoms with Crippen molar-refractivity contribution in [2.75, 3.05) is 85.0 Å². The molecule has 0 aliphatic rings. The molecule has 1 rings (SSSR count). The van der Waals surface area contributed by atoms with Gasteiger partial charge < -0.3 is 39.4 Å². The van der Waals surface area contributed by atoms with Gasteiger partial charge in [-0.05, 0) is 30.5 Å². The molecule has 0 saturated heterocycles. The van der Waals surface area contributed by atoms with E-state index in [4.69, 9.17) is 38.7 Å². The molecule has 48 heavy (non-hydrogen) atoms. The normalized spacial score (nSPS) is 11.0. The Kier molecular flexibility index (Phi) is 28.5. The zero-order chi connectivity index (χ0) is 34.9. The van der Waals surface area contributed by atoms with Crippen LogP contribution in [0.25, 0.3) is 0 Å². The van der Waals surface area contributed by atoms with E-state index in [1.165, 1.54) is 62.2 Å². The quantitative estimate of drug-likeness (QED) is 0.0211. The summed E-state index contributed by atoms with van der Waals surface area (Å²) < 4.78 is 26.7. The van der Waals surface area contributed by atoms with Crippen molar-refractivity contribution in [3.8, 4) is 5.75 Å². The molecule has 0 radical (unpaired) electrons. The van der Waals surface area contributed by atoms with Crippen molar-refractivity contribution in [1.29, 1.82) is 0 Å². The third-order valence-electron chi connectivity index (χ3n) is 6.69. The highest BCUT2D eigenvalue weighted by Gasteiger charge is 2.11. The van der Waals surface area contributed by atoms with Crippen LogP contribution in [0.5, 0.6) is 5.75 Å². The third-order valence-corrected chi connectivity index (χ3v) is 6.97. The highest BCUT2D eigenvalue weighted by molar-refractivity contribution is 7.81. The SMILES string of the molecule is O=C(CS)NCCCCCCCCCCCOCCOOCCOCCOCCOCCOC(=O)NCc1ccc(C(=O)NO)c(O)c1. The number of ether oxygens (including phenoxy) is 5. The summed E-state index contributed by atoms with van der Waals surface area (Å²) in [5.74, 6) is -0.911. The molecule has 3 amide bonds. The Morgan fingerprint density at radius 1 is 0.646 bits per heavy atom. The summed E-state index contributed by atoms with van der Waals surface area (Å²) in [4.78, 5) is 44.3. The maximum Gasteiger partial charge on any atom is 0.407 e. The first-order valence-electron chi connectivity index (χ1n) is 16.6. The van der Waals surface area contributed by atoms with Gasteiger partial charge in [0.1, 0.15) is 25.6 Å². The Morgan fingerprint density at radius 3 is 1.73 bits per heavy atom. The molecular weight excluding hydrogens is 650 g/mol. The van der Waals surface area contributed by atoms with Crippen molar-refractivity contribution in [2.45, 2.75) is 64.3 Å². The lowest BCUT2D eigenvalue weighted by Gasteiger charge is -2.09. The number of hydrogen-bond donors (Lipinski definition) is 6. The second-order valence-electron chi connectivity index (χ2n) is 10.6. The maximum atomic E-state index is 11.8. The average molecular weight is 706 g/mol. The minimum absolute atomic E-state index is 0.00132. The van der Waals surface area contributed by atoms with Gasteiger partial charge in [0.2, 0.25) is 5.91 Å². The van der Waals surface area contributed by atoms with Crippen molar-refractivity contribution in [2.24, 2.45) is 0 Å². The van der Waals surface area contributed by atoms with E-state index in [1.807, 2.05) is 0 Å². The fourth-order valence-electron chi connectivity index (χ4n) is 4.16. The van der Waals surface area contributed by atoms with Crippen LogP contribution in [0.2, 0.25) is 0 Å². The Bertz CT molecular complexity index is 976. The molecular formula is C32H55N3O12S. The number of phenols is 1. The number of rotatable bonds is 32. The second-order valence-corrected chi connectivity index (χ2v) is 10.9. The van der Waals surface area contributed by atoms with Crippen molar-refractivity contribution in [3.05, 3.63) is 29.3 Å². The summed E-state index contributed by atoms with van der Waals surface area (Å²) in [6, 6.07) is 4.14. The fourth-order valence-corrected chi connectivity index (χ4v) is 4.27. The van der Waals surface area contributed by atoms with Crippen LogP contribution in [0.15, 0.2) is 18.2 Å². The van der Waals surface area contributed by atoms with Crippen molar-refractivity contribution in [3.63, 3.8) is 0 Å². The zero-order valence-corrected chi connectivity index (χ0v) is 28.8. The number of alkyl carbamates (subject to hydrolysis) is 1. The Balaban J connectivity index is 1.74. The molecule has 276 valence electrons. The highest BCUT2D eigenvalue weighted by Crippen LogP contribution is 2.18. The van der Waals surface area contributed by atoms with Gasteiger partial charge in [-0.15, -0.1) is 0 Å². The zero-order valence-electron chi connectivity index (χ0n) is 27.9. The van der Waals surface area contributed by atoms with Crippen LogP contribution in [0.3, 0.4) is 0 Å². The predicted octanol–water partition coefficient (Wildman–Crippen LogP) is 3.31. The standard InChI is InChI=1S/C32H55N3O12S/c36-29-24-27(10-11-28(29)31(38)35-40)25-34-32(39)45-21-18-43-16-14-42-15-17-44-20-23-47-46-22-19-41-13-9-7-5-3-1-2-4-6-8-12-33-30(37)26-48/h10-11,24,36,40,48H,1-9,12-23,25-26H2,(H,33,37)(H,34,39)(H,35,38). The van der Waals surface area contributed by atoms with Crippen molar-refractivity contribution in [1.82, 2.24) is 16.1 Å². The molecule has 0 aliphatic heterocycles. The van der Waals surface area contributed by atoms with Gasteiger partial charge >= 0.3 is 6.09 Å². The molecule has 0 saturated carbocycles. The highest BCUT2D eigenvalue weighted by atomic mass is 32.1. The monoisotopic (exact) mass is 705 g/mol. The largest absolute Gasteiger partial charge is 0.507 e. The summed E-state index contributed by atoms with van der Waals surface area (Å²) in [6.45, 7) is 4.84. The number of benzene rings is 1. The first-order chi connectivity index (χ1) is 23.5. The molecule has 5 N–H and O–H groups in total. The summed E-state index contributed by atoms with van der Waals surface area (Å²) in [5.41, 5.74) is 1.88. The van der Waals surface area contributed by atoms with Gasteiger partial charge in [0.25, 0.3) is 5.91 Å². The second kappa shape index (κ2) is 31.6. The van der Waals surface area contributed by atoms with Gasteiger partial charge in [-0.2, -0.15) is 12.6 Å². The first kappa shape index (κ1) is 43.3. The molecule has 0 unspecified atom stereocenters. The smallest absolute Gasteiger partial charge is 0.407 e. The van der Waals surface area contributed by atoms with E-state index in [1.54, 1.807) is 0 Å². The number of unbranched alkanes of at least 4 members (excludes halogenated alkanes) is 8. The summed E-state index contributed by atoms with van der Waals surface area (Å²) >= 11 is 3.94. The average Bonchev–Trinajstić information content (AvgIpc) is 3.09. The van der Waals surface area contributed by atoms with E-state index in [0.29, 0.717) is 58.4 Å².